The maximum absolute atomic E-state index is 15.4. The van der Waals surface area contributed by atoms with Crippen molar-refractivity contribution in [1.82, 2.24) is 9.88 Å². The molecule has 10 heteroatoms. The van der Waals surface area contributed by atoms with Crippen LogP contribution in [0.15, 0.2) is 83.3 Å². The van der Waals surface area contributed by atoms with E-state index in [2.05, 4.69) is 50.4 Å². The first-order chi connectivity index (χ1) is 24.4. The molecule has 0 aliphatic heterocycles. The first-order valence-electron chi connectivity index (χ1n) is 17.5. The van der Waals surface area contributed by atoms with Gasteiger partial charge in [0.1, 0.15) is 5.82 Å². The summed E-state index contributed by atoms with van der Waals surface area (Å²) in [6, 6.07) is 19.5. The molecular formula is C41H56F4N4O2. The van der Waals surface area contributed by atoms with Crippen LogP contribution in [0.25, 0.3) is 16.6 Å². The monoisotopic (exact) mass is 712 g/mol. The second kappa shape index (κ2) is 21.3. The highest BCUT2D eigenvalue weighted by Gasteiger charge is 2.20. The van der Waals surface area contributed by atoms with Gasteiger partial charge in [0.05, 0.1) is 30.6 Å². The summed E-state index contributed by atoms with van der Waals surface area (Å²) in [5, 5.41) is 3.57. The molecule has 0 spiro atoms. The number of aromatic nitrogens is 1. The second-order valence-electron chi connectivity index (χ2n) is 12.9. The van der Waals surface area contributed by atoms with Crippen LogP contribution >= 0.6 is 0 Å². The summed E-state index contributed by atoms with van der Waals surface area (Å²) in [6.07, 6.45) is 0.830. The molecule has 3 N–H and O–H groups in total. The fraction of sp³-hybridized carbons (Fsp3) is 0.439. The fourth-order valence-corrected chi connectivity index (χ4v) is 5.65. The molecule has 0 aliphatic carbocycles. The summed E-state index contributed by atoms with van der Waals surface area (Å²) in [5.41, 5.74) is 10.7. The quantitative estimate of drug-likeness (QED) is 0.0950. The number of allylic oxidation sites excluding steroid dienone is 1. The number of nitrogens with two attached hydrogens (primary N) is 1. The van der Waals surface area contributed by atoms with Crippen molar-refractivity contribution in [1.29, 1.82) is 0 Å². The molecule has 51 heavy (non-hydrogen) atoms. The van der Waals surface area contributed by atoms with Crippen LogP contribution in [-0.4, -0.2) is 51.6 Å². The maximum atomic E-state index is 15.4. The molecule has 4 rings (SSSR count). The van der Waals surface area contributed by atoms with E-state index in [1.54, 1.807) is 31.5 Å². The van der Waals surface area contributed by atoms with E-state index in [9.17, 15) is 18.0 Å². The number of nitrogens with zero attached hydrogens (tertiary/aromatic N) is 2. The largest absolute Gasteiger partial charge is 0.398 e. The lowest BCUT2D eigenvalue weighted by Gasteiger charge is -2.25. The number of hydrogen-bond donors (Lipinski definition) is 2. The summed E-state index contributed by atoms with van der Waals surface area (Å²) < 4.78 is 58.0. The first kappa shape index (κ1) is 43.0. The minimum absolute atomic E-state index is 0.0559. The van der Waals surface area contributed by atoms with Gasteiger partial charge in [0.2, 0.25) is 0 Å². The normalized spacial score (nSPS) is 11.8. The topological polar surface area (TPSA) is 72.5 Å². The average Bonchev–Trinajstić information content (AvgIpc) is 3.14. The van der Waals surface area contributed by atoms with Crippen molar-refractivity contribution < 1.29 is 22.3 Å². The molecule has 0 bridgehead atoms. The number of nitrogens with one attached hydrogen (secondary N) is 1. The zero-order valence-corrected chi connectivity index (χ0v) is 31.5. The Kier molecular flexibility index (Phi) is 17.9. The molecule has 0 fully saturated rings. The Morgan fingerprint density at radius 2 is 1.65 bits per heavy atom. The van der Waals surface area contributed by atoms with E-state index in [1.165, 1.54) is 23.8 Å². The van der Waals surface area contributed by atoms with E-state index < -0.39 is 12.2 Å². The van der Waals surface area contributed by atoms with Gasteiger partial charge in [0, 0.05) is 61.5 Å². The number of fused-ring (bicyclic) bond motifs is 1. The molecule has 0 aliphatic rings. The zero-order valence-electron chi connectivity index (χ0n) is 31.5. The van der Waals surface area contributed by atoms with Gasteiger partial charge in [-0.1, -0.05) is 82.3 Å². The number of benzene rings is 3. The van der Waals surface area contributed by atoms with Crippen LogP contribution in [0.4, 0.5) is 23.2 Å². The highest BCUT2D eigenvalue weighted by atomic mass is 19.3. The highest BCUT2D eigenvalue weighted by Crippen LogP contribution is 2.28. The molecule has 3 aromatic carbocycles. The lowest BCUT2D eigenvalue weighted by molar-refractivity contribution is 0.146. The highest BCUT2D eigenvalue weighted by molar-refractivity contribution is 5.86. The molecule has 6 nitrogen and oxygen atoms in total. The van der Waals surface area contributed by atoms with Gasteiger partial charge in [-0.25, -0.2) is 13.2 Å². The minimum atomic E-state index is -2.55. The van der Waals surface area contributed by atoms with Crippen LogP contribution in [0.2, 0.25) is 0 Å². The molecule has 1 heterocycles. The molecule has 0 saturated carbocycles. The number of rotatable bonds is 15. The van der Waals surface area contributed by atoms with E-state index in [-0.39, 0.29) is 21.8 Å². The number of anilines is 1. The fourth-order valence-electron chi connectivity index (χ4n) is 5.65. The van der Waals surface area contributed by atoms with Gasteiger partial charge >= 0.3 is 0 Å². The summed E-state index contributed by atoms with van der Waals surface area (Å²) in [7, 11) is 2.24. The molecule has 0 radical (unpaired) electrons. The van der Waals surface area contributed by atoms with Crippen molar-refractivity contribution in [3.63, 3.8) is 0 Å². The lowest BCUT2D eigenvalue weighted by atomic mass is 9.86. The van der Waals surface area contributed by atoms with E-state index >= 15 is 4.39 Å². The van der Waals surface area contributed by atoms with E-state index in [0.717, 1.165) is 30.7 Å². The Hall–Kier alpha value is -4.15. The molecule has 0 atom stereocenters. The Morgan fingerprint density at radius 1 is 1.00 bits per heavy atom. The first-order valence-corrected chi connectivity index (χ1v) is 17.5. The minimum Gasteiger partial charge on any atom is -0.398 e. The summed E-state index contributed by atoms with van der Waals surface area (Å²) in [4.78, 5) is 15.4. The smallest absolute Gasteiger partial charge is 0.263 e. The number of likely N-dealkylation sites (N-methyl/N-ethyl adjacent to an activating group) is 1. The van der Waals surface area contributed by atoms with Crippen molar-refractivity contribution in [3.05, 3.63) is 117 Å². The number of alkyl halides is 3. The van der Waals surface area contributed by atoms with Gasteiger partial charge in [0.25, 0.3) is 6.43 Å². The van der Waals surface area contributed by atoms with Crippen LogP contribution in [-0.2, 0) is 16.7 Å². The Labute approximate surface area is 301 Å². The number of halogens is 4. The van der Waals surface area contributed by atoms with Gasteiger partial charge in [-0.3, -0.25) is 9.18 Å². The standard InChI is InChI=1S/C29H37F3N4O.C11H16O.CH3F/c1-5-12-34-13-14-35(7-3)26-16-25-22(15-24(26)30)28(37)23(27(33)19(4)6-2)18-36(25)17-20-8-10-21(11-9-20)29(31)32;1-11(2,9-12-3)10-7-5-4-6-8-10;1-2/h8-11,15-16,18,29,34H,5-7,12-14,17,33H2,1-4H3;4-8H,9H2,1-3H3;1H3. The van der Waals surface area contributed by atoms with Crippen LogP contribution < -0.4 is 21.4 Å². The van der Waals surface area contributed by atoms with Gasteiger partial charge in [-0.2, -0.15) is 0 Å². The summed E-state index contributed by atoms with van der Waals surface area (Å²) in [6.45, 7) is 16.1. The molecule has 0 saturated heterocycles. The van der Waals surface area contributed by atoms with E-state index in [1.807, 2.05) is 36.3 Å². The Bertz CT molecular complexity index is 1720. The van der Waals surface area contributed by atoms with E-state index in [0.29, 0.717) is 62.2 Å². The van der Waals surface area contributed by atoms with Gasteiger partial charge in [-0.15, -0.1) is 0 Å². The SMILES string of the molecule is CCCNCCN(CC)c1cc2c(cc1F)c(=O)c(C(N)=C(C)CC)cn2Cc1ccc(C(F)F)cc1.CF.COCC(C)(C)c1ccccc1. The number of pyridine rings is 1. The van der Waals surface area contributed by atoms with Crippen LogP contribution in [0, 0.1) is 5.82 Å². The third-order valence-corrected chi connectivity index (χ3v) is 8.78. The van der Waals surface area contributed by atoms with Gasteiger partial charge < -0.3 is 25.3 Å². The van der Waals surface area contributed by atoms with Crippen molar-refractivity contribution in [2.24, 2.45) is 5.73 Å². The zero-order chi connectivity index (χ0) is 38.1. The number of methoxy groups -OCH3 is 1. The summed E-state index contributed by atoms with van der Waals surface area (Å²) in [5.74, 6) is -0.471. The maximum Gasteiger partial charge on any atom is 0.263 e. The third kappa shape index (κ3) is 12.0. The molecule has 280 valence electrons. The van der Waals surface area contributed by atoms with Gasteiger partial charge in [0.15, 0.2) is 5.43 Å². The van der Waals surface area contributed by atoms with E-state index in [4.69, 9.17) is 10.5 Å². The predicted molar refractivity (Wildman–Crippen MR) is 205 cm³/mol. The molecular weight excluding hydrogens is 656 g/mol. The molecule has 0 amide bonds. The van der Waals surface area contributed by atoms with Crippen molar-refractivity contribution >= 4 is 22.3 Å². The predicted octanol–water partition coefficient (Wildman–Crippen LogP) is 9.25. The Balaban J connectivity index is 0.000000540. The molecule has 0 unspecified atom stereocenters. The lowest BCUT2D eigenvalue weighted by Crippen LogP contribution is -2.33. The van der Waals surface area contributed by atoms with Crippen molar-refractivity contribution in [2.75, 3.05) is 52.0 Å². The Morgan fingerprint density at radius 3 is 2.20 bits per heavy atom. The van der Waals surface area contributed by atoms with Gasteiger partial charge in [-0.05, 0) is 62.1 Å². The number of ether oxygens (including phenoxy) is 1. The average molecular weight is 713 g/mol. The third-order valence-electron chi connectivity index (χ3n) is 8.78. The molecule has 4 aromatic rings. The van der Waals surface area contributed by atoms with Crippen LogP contribution in [0.3, 0.4) is 0 Å². The van der Waals surface area contributed by atoms with Crippen molar-refractivity contribution in [2.45, 2.75) is 72.8 Å². The van der Waals surface area contributed by atoms with Crippen LogP contribution in [0.5, 0.6) is 0 Å². The van der Waals surface area contributed by atoms with Crippen molar-refractivity contribution in [3.8, 4) is 0 Å². The van der Waals surface area contributed by atoms with Crippen LogP contribution in [0.1, 0.15) is 83.1 Å². The molecule has 1 aromatic heterocycles. The second-order valence-corrected chi connectivity index (χ2v) is 12.9. The number of hydrogen-bond acceptors (Lipinski definition) is 5. The summed E-state index contributed by atoms with van der Waals surface area (Å²) >= 11 is 0.